The maximum Gasteiger partial charge on any atom is 0.397 e. The second kappa shape index (κ2) is 11.9. The van der Waals surface area contributed by atoms with Crippen LogP contribution in [0.3, 0.4) is 0 Å². The summed E-state index contributed by atoms with van der Waals surface area (Å²) in [6, 6.07) is -2.11. The SMILES string of the molecule is COC1C(C(=O)O)CC(OC2C(COS(=O)(=O)O)OC(O)C(NS(=O)(=O)O)C2O)C(OS(=O)(=O)O)C1O. The van der Waals surface area contributed by atoms with Gasteiger partial charge in [0.05, 0.1) is 24.7 Å². The molecule has 1 heterocycles. The van der Waals surface area contributed by atoms with E-state index in [0.717, 1.165) is 7.11 Å². The van der Waals surface area contributed by atoms with Crippen molar-refractivity contribution >= 4 is 37.1 Å². The van der Waals surface area contributed by atoms with Crippen LogP contribution in [0.5, 0.6) is 0 Å². The van der Waals surface area contributed by atoms with E-state index in [4.69, 9.17) is 27.9 Å². The van der Waals surface area contributed by atoms with Crippen LogP contribution in [0.25, 0.3) is 0 Å². The van der Waals surface area contributed by atoms with Crippen LogP contribution in [-0.2, 0) is 58.5 Å². The zero-order valence-corrected chi connectivity index (χ0v) is 20.9. The molecule has 0 aromatic rings. The number of rotatable bonds is 11. The Morgan fingerprint density at radius 1 is 0.946 bits per heavy atom. The van der Waals surface area contributed by atoms with E-state index >= 15 is 0 Å². The fraction of sp³-hybridized carbons (Fsp3) is 0.929. The molecule has 1 aliphatic carbocycles. The first-order valence-corrected chi connectivity index (χ1v) is 14.0. The Hall–Kier alpha value is -1.16. The number of nitrogens with one attached hydrogen (secondary N) is 1. The van der Waals surface area contributed by atoms with Gasteiger partial charge in [-0.25, -0.2) is 8.37 Å². The molecule has 2 aliphatic rings. The number of aliphatic hydroxyl groups is 3. The van der Waals surface area contributed by atoms with Gasteiger partial charge in [0.25, 0.3) is 0 Å². The molecule has 0 aromatic carbocycles. The topological polar surface area (TPSA) is 319 Å². The van der Waals surface area contributed by atoms with Gasteiger partial charge in [0.2, 0.25) is 0 Å². The quantitative estimate of drug-likeness (QED) is 0.102. The first-order chi connectivity index (χ1) is 16.7. The number of carbonyl (C=O) groups is 1. The lowest BCUT2D eigenvalue weighted by Gasteiger charge is -2.47. The molecule has 10 atom stereocenters. The van der Waals surface area contributed by atoms with Crippen molar-refractivity contribution in [3.8, 4) is 0 Å². The third-order valence-corrected chi connectivity index (χ3v) is 6.90. The fourth-order valence-corrected chi connectivity index (χ4v) is 5.42. The van der Waals surface area contributed by atoms with Gasteiger partial charge >= 0.3 is 37.1 Å². The number of aliphatic carboxylic acids is 1. The Labute approximate surface area is 209 Å². The minimum atomic E-state index is -5.34. The van der Waals surface area contributed by atoms with Gasteiger partial charge in [-0.1, -0.05) is 0 Å². The molecule has 218 valence electrons. The van der Waals surface area contributed by atoms with Crippen molar-refractivity contribution in [2.24, 2.45) is 5.92 Å². The van der Waals surface area contributed by atoms with Gasteiger partial charge in [0, 0.05) is 7.11 Å². The largest absolute Gasteiger partial charge is 0.481 e. The smallest absolute Gasteiger partial charge is 0.397 e. The van der Waals surface area contributed by atoms with Crippen molar-refractivity contribution in [1.29, 1.82) is 0 Å². The van der Waals surface area contributed by atoms with Crippen LogP contribution in [-0.4, -0.2) is 134 Å². The van der Waals surface area contributed by atoms with Crippen LogP contribution in [0.2, 0.25) is 0 Å². The van der Waals surface area contributed by atoms with E-state index < -0.39 is 111 Å². The van der Waals surface area contributed by atoms with Crippen LogP contribution < -0.4 is 4.72 Å². The van der Waals surface area contributed by atoms with Crippen molar-refractivity contribution < 1.29 is 86.7 Å². The van der Waals surface area contributed by atoms with E-state index in [0.29, 0.717) is 0 Å². The van der Waals surface area contributed by atoms with E-state index in [2.05, 4.69) is 8.37 Å². The lowest BCUT2D eigenvalue weighted by molar-refractivity contribution is -0.281. The standard InChI is InChI=1S/C14H25NO19S3/c1-30-10-4(13(18)19)2-5(12(9(10)17)34-37(27,28)29)32-11-6(3-31-36(24,25)26)33-14(20)7(8(11)16)15-35(21,22)23/h4-12,14-17,20H,2-3H2,1H3,(H,18,19)(H,21,22,23)(H,24,25,26)(H,27,28,29). The Bertz CT molecular complexity index is 1120. The molecule has 1 saturated heterocycles. The average Bonchev–Trinajstić information content (AvgIpc) is 2.71. The highest BCUT2D eigenvalue weighted by Crippen LogP contribution is 2.35. The Morgan fingerprint density at radius 3 is 2.00 bits per heavy atom. The number of carboxylic acids is 1. The fourth-order valence-electron chi connectivity index (χ4n) is 3.99. The summed E-state index contributed by atoms with van der Waals surface area (Å²) in [5, 5.41) is 40.7. The summed E-state index contributed by atoms with van der Waals surface area (Å²) in [6.45, 7) is -1.21. The highest BCUT2D eigenvalue weighted by Gasteiger charge is 2.54. The van der Waals surface area contributed by atoms with Gasteiger partial charge in [0.1, 0.15) is 36.6 Å². The maximum atomic E-state index is 11.7. The van der Waals surface area contributed by atoms with Gasteiger partial charge in [-0.3, -0.25) is 18.5 Å². The minimum Gasteiger partial charge on any atom is -0.481 e. The highest BCUT2D eigenvalue weighted by atomic mass is 32.3. The molecule has 2 rings (SSSR count). The molecule has 2 fully saturated rings. The summed E-state index contributed by atoms with van der Waals surface area (Å²) in [5.74, 6) is -3.18. The zero-order chi connectivity index (χ0) is 28.5. The van der Waals surface area contributed by atoms with Crippen molar-refractivity contribution in [2.75, 3.05) is 13.7 Å². The Balaban J connectivity index is 2.49. The summed E-state index contributed by atoms with van der Waals surface area (Å²) < 4.78 is 119. The molecule has 0 amide bonds. The molecule has 0 aromatic heterocycles. The predicted octanol–water partition coefficient (Wildman–Crippen LogP) is -4.93. The second-order valence-corrected chi connectivity index (χ2v) is 11.2. The molecule has 20 nitrogen and oxygen atoms in total. The summed E-state index contributed by atoms with van der Waals surface area (Å²) in [4.78, 5) is 11.7. The van der Waals surface area contributed by atoms with Crippen LogP contribution >= 0.6 is 0 Å². The lowest BCUT2D eigenvalue weighted by Crippen LogP contribution is -2.67. The third kappa shape index (κ3) is 8.94. The van der Waals surface area contributed by atoms with Gasteiger partial charge in [0.15, 0.2) is 6.29 Å². The average molecular weight is 608 g/mol. The van der Waals surface area contributed by atoms with Crippen molar-refractivity contribution in [2.45, 2.75) is 61.5 Å². The van der Waals surface area contributed by atoms with Gasteiger partial charge in [-0.05, 0) is 6.42 Å². The number of ether oxygens (including phenoxy) is 3. The first-order valence-electron chi connectivity index (χ1n) is 9.87. The van der Waals surface area contributed by atoms with E-state index in [1.807, 2.05) is 0 Å². The summed E-state index contributed by atoms with van der Waals surface area (Å²) in [7, 11) is -14.6. The van der Waals surface area contributed by atoms with Crippen LogP contribution in [0.4, 0.5) is 0 Å². The van der Waals surface area contributed by atoms with Crippen molar-refractivity contribution in [1.82, 2.24) is 4.72 Å². The molecule has 37 heavy (non-hydrogen) atoms. The normalized spacial score (nSPS) is 37.8. The predicted molar refractivity (Wildman–Crippen MR) is 110 cm³/mol. The number of hydrogen-bond acceptors (Lipinski definition) is 15. The summed E-state index contributed by atoms with van der Waals surface area (Å²) in [5.41, 5.74) is 0. The summed E-state index contributed by atoms with van der Waals surface area (Å²) in [6.07, 6.45) is -17.0. The monoisotopic (exact) mass is 607 g/mol. The Morgan fingerprint density at radius 2 is 1.54 bits per heavy atom. The second-order valence-electron chi connectivity index (χ2n) is 7.89. The lowest BCUT2D eigenvalue weighted by atomic mass is 9.80. The van der Waals surface area contributed by atoms with Crippen LogP contribution in [0, 0.1) is 5.92 Å². The maximum absolute atomic E-state index is 11.7. The van der Waals surface area contributed by atoms with Crippen molar-refractivity contribution in [3.05, 3.63) is 0 Å². The molecule has 0 spiro atoms. The molecule has 0 radical (unpaired) electrons. The molecule has 23 heteroatoms. The number of aliphatic hydroxyl groups excluding tert-OH is 3. The molecular weight excluding hydrogens is 582 g/mol. The van der Waals surface area contributed by atoms with Crippen molar-refractivity contribution in [3.63, 3.8) is 0 Å². The molecule has 8 N–H and O–H groups in total. The minimum absolute atomic E-state index is 0.737. The third-order valence-electron chi connectivity index (χ3n) is 5.44. The zero-order valence-electron chi connectivity index (χ0n) is 18.4. The Kier molecular flexibility index (Phi) is 10.3. The first kappa shape index (κ1) is 32.1. The number of hydrogen-bond donors (Lipinski definition) is 8. The molecule has 0 bridgehead atoms. The van der Waals surface area contributed by atoms with Gasteiger partial charge in [-0.15, -0.1) is 0 Å². The number of methoxy groups -OCH3 is 1. The molecule has 1 aliphatic heterocycles. The van der Waals surface area contributed by atoms with E-state index in [9.17, 15) is 50.5 Å². The highest BCUT2D eigenvalue weighted by molar-refractivity contribution is 7.83. The van der Waals surface area contributed by atoms with Crippen LogP contribution in [0.1, 0.15) is 6.42 Å². The van der Waals surface area contributed by atoms with E-state index in [-0.39, 0.29) is 0 Å². The van der Waals surface area contributed by atoms with Gasteiger partial charge < -0.3 is 34.6 Å². The molecule has 1 saturated carbocycles. The van der Waals surface area contributed by atoms with E-state index in [1.54, 1.807) is 0 Å². The molecular formula is C14H25NO19S3. The van der Waals surface area contributed by atoms with E-state index in [1.165, 1.54) is 4.72 Å². The van der Waals surface area contributed by atoms with Gasteiger partial charge in [-0.2, -0.15) is 30.0 Å². The van der Waals surface area contributed by atoms with Crippen LogP contribution in [0.15, 0.2) is 0 Å². The molecule has 10 unspecified atom stereocenters. The number of carboxylic acid groups (broad SMARTS) is 1. The summed E-state index contributed by atoms with van der Waals surface area (Å²) >= 11 is 0.